The molecule has 0 atom stereocenters. The van der Waals surface area contributed by atoms with E-state index >= 15 is 0 Å². The van der Waals surface area contributed by atoms with Crippen molar-refractivity contribution in [2.45, 2.75) is 26.2 Å². The molecule has 0 amide bonds. The summed E-state index contributed by atoms with van der Waals surface area (Å²) in [7, 11) is 0. The van der Waals surface area contributed by atoms with E-state index in [0.717, 1.165) is 22.5 Å². The Morgan fingerprint density at radius 2 is 1.15 bits per heavy atom. The molecule has 0 aliphatic rings. The quantitative estimate of drug-likeness (QED) is 0.171. The number of benzene rings is 7. The van der Waals surface area contributed by atoms with Crippen LogP contribution >= 0.6 is 0 Å². The lowest BCUT2D eigenvalue weighted by Gasteiger charge is -2.20. The van der Waals surface area contributed by atoms with Crippen LogP contribution in [0.25, 0.3) is 70.9 Å². The van der Waals surface area contributed by atoms with E-state index in [0.29, 0.717) is 0 Å². The molecule has 0 fully saturated rings. The standard InChI is InChI=1S/C37H28N2/c1-37(2,3)36-38-32-15-4-5-16-33(32)39(36)25-19-17-23(18-20-25)26-21-22-31-29-12-7-10-24-9-6-11-28(34(24)29)30-14-8-13-27(26)35(30)31/h4-22H,1-3H3. The van der Waals surface area contributed by atoms with Gasteiger partial charge in [0.1, 0.15) is 5.82 Å². The van der Waals surface area contributed by atoms with E-state index in [1.165, 1.54) is 54.2 Å². The molecule has 8 aromatic rings. The molecule has 0 unspecified atom stereocenters. The van der Waals surface area contributed by atoms with Gasteiger partial charge in [0.2, 0.25) is 0 Å². The molecule has 0 aliphatic carbocycles. The van der Waals surface area contributed by atoms with E-state index in [9.17, 15) is 0 Å². The number of hydrogen-bond acceptors (Lipinski definition) is 1. The molecule has 0 N–H and O–H groups in total. The molecule has 2 heteroatoms. The van der Waals surface area contributed by atoms with Crippen molar-refractivity contribution in [2.75, 3.05) is 0 Å². The number of hydrogen-bond donors (Lipinski definition) is 0. The number of para-hydroxylation sites is 2. The average molecular weight is 501 g/mol. The van der Waals surface area contributed by atoms with Crippen molar-refractivity contribution in [3.05, 3.63) is 121 Å². The van der Waals surface area contributed by atoms with Crippen LogP contribution in [-0.2, 0) is 5.41 Å². The van der Waals surface area contributed by atoms with Gasteiger partial charge in [0.05, 0.1) is 11.0 Å². The molecule has 0 radical (unpaired) electrons. The molecule has 39 heavy (non-hydrogen) atoms. The van der Waals surface area contributed by atoms with Crippen LogP contribution in [-0.4, -0.2) is 9.55 Å². The van der Waals surface area contributed by atoms with E-state index in [-0.39, 0.29) is 5.41 Å². The van der Waals surface area contributed by atoms with Crippen molar-refractivity contribution >= 4 is 54.1 Å². The summed E-state index contributed by atoms with van der Waals surface area (Å²) in [6, 6.07) is 42.2. The van der Waals surface area contributed by atoms with Crippen molar-refractivity contribution in [1.82, 2.24) is 9.55 Å². The molecule has 0 aliphatic heterocycles. The highest BCUT2D eigenvalue weighted by Gasteiger charge is 2.24. The summed E-state index contributed by atoms with van der Waals surface area (Å²) in [6.45, 7) is 6.69. The molecule has 7 aromatic carbocycles. The molecule has 0 saturated heterocycles. The Morgan fingerprint density at radius 3 is 1.87 bits per heavy atom. The van der Waals surface area contributed by atoms with Crippen LogP contribution in [0.5, 0.6) is 0 Å². The SMILES string of the molecule is CC(C)(C)c1nc2ccccc2n1-c1ccc(-c2ccc3c4cccc5cccc(c6cccc2c63)c54)cc1. The largest absolute Gasteiger partial charge is 0.296 e. The average Bonchev–Trinajstić information content (AvgIpc) is 3.36. The van der Waals surface area contributed by atoms with Gasteiger partial charge in [0.15, 0.2) is 0 Å². The molecule has 1 aromatic heterocycles. The van der Waals surface area contributed by atoms with Gasteiger partial charge in [-0.2, -0.15) is 0 Å². The number of rotatable bonds is 2. The highest BCUT2D eigenvalue weighted by atomic mass is 15.1. The second kappa shape index (κ2) is 7.91. The van der Waals surface area contributed by atoms with E-state index < -0.39 is 0 Å². The third-order valence-electron chi connectivity index (χ3n) is 8.19. The third kappa shape index (κ3) is 3.18. The van der Waals surface area contributed by atoms with E-state index in [1.807, 2.05) is 0 Å². The van der Waals surface area contributed by atoms with Crippen LogP contribution in [0.3, 0.4) is 0 Å². The minimum Gasteiger partial charge on any atom is -0.296 e. The normalized spacial score (nSPS) is 12.5. The minimum atomic E-state index is -0.0764. The first kappa shape index (κ1) is 22.3. The Morgan fingerprint density at radius 1 is 0.538 bits per heavy atom. The van der Waals surface area contributed by atoms with Gasteiger partial charge >= 0.3 is 0 Å². The van der Waals surface area contributed by atoms with Crippen LogP contribution in [0, 0.1) is 0 Å². The lowest BCUT2D eigenvalue weighted by molar-refractivity contribution is 0.539. The van der Waals surface area contributed by atoms with Crippen molar-refractivity contribution in [1.29, 1.82) is 0 Å². The predicted octanol–water partition coefficient (Wildman–Crippen LogP) is 10.0. The fraction of sp³-hybridized carbons (Fsp3) is 0.108. The maximum absolute atomic E-state index is 5.01. The number of aromatic nitrogens is 2. The van der Waals surface area contributed by atoms with E-state index in [1.54, 1.807) is 0 Å². The van der Waals surface area contributed by atoms with E-state index in [4.69, 9.17) is 4.98 Å². The highest BCUT2D eigenvalue weighted by molar-refractivity contribution is 6.34. The Hall–Kier alpha value is -4.69. The Labute approximate surface area is 227 Å². The molecule has 2 nitrogen and oxygen atoms in total. The Kier molecular flexibility index (Phi) is 4.52. The molecule has 0 saturated carbocycles. The summed E-state index contributed by atoms with van der Waals surface area (Å²) >= 11 is 0. The zero-order valence-corrected chi connectivity index (χ0v) is 22.4. The van der Waals surface area contributed by atoms with Crippen LogP contribution in [0.15, 0.2) is 115 Å². The van der Waals surface area contributed by atoms with Gasteiger partial charge in [-0.15, -0.1) is 0 Å². The van der Waals surface area contributed by atoms with Gasteiger partial charge in [-0.1, -0.05) is 112 Å². The maximum atomic E-state index is 5.01. The monoisotopic (exact) mass is 500 g/mol. The molecule has 0 bridgehead atoms. The van der Waals surface area contributed by atoms with Crippen LogP contribution in [0.2, 0.25) is 0 Å². The van der Waals surface area contributed by atoms with Gasteiger partial charge < -0.3 is 0 Å². The first-order chi connectivity index (χ1) is 19.0. The zero-order chi connectivity index (χ0) is 26.3. The van der Waals surface area contributed by atoms with Crippen molar-refractivity contribution in [3.8, 4) is 16.8 Å². The summed E-state index contributed by atoms with van der Waals surface area (Å²) in [6.07, 6.45) is 0. The van der Waals surface area contributed by atoms with Crippen molar-refractivity contribution < 1.29 is 0 Å². The molecule has 8 rings (SSSR count). The summed E-state index contributed by atoms with van der Waals surface area (Å²) < 4.78 is 2.31. The molecule has 0 spiro atoms. The summed E-state index contributed by atoms with van der Waals surface area (Å²) in [5.41, 5.74) is 5.73. The lowest BCUT2D eigenvalue weighted by atomic mass is 9.87. The lowest BCUT2D eigenvalue weighted by Crippen LogP contribution is -2.18. The van der Waals surface area contributed by atoms with Gasteiger partial charge in [-0.3, -0.25) is 4.57 Å². The summed E-state index contributed by atoms with van der Waals surface area (Å²) in [4.78, 5) is 5.01. The van der Waals surface area contributed by atoms with Crippen molar-refractivity contribution in [3.63, 3.8) is 0 Å². The molecule has 1 heterocycles. The topological polar surface area (TPSA) is 17.8 Å². The molecular weight excluding hydrogens is 472 g/mol. The first-order valence-corrected chi connectivity index (χ1v) is 13.7. The first-order valence-electron chi connectivity index (χ1n) is 13.7. The van der Waals surface area contributed by atoms with Gasteiger partial charge in [-0.25, -0.2) is 4.98 Å². The second-order valence-electron chi connectivity index (χ2n) is 11.7. The van der Waals surface area contributed by atoms with Gasteiger partial charge in [0, 0.05) is 11.1 Å². The maximum Gasteiger partial charge on any atom is 0.119 e. The van der Waals surface area contributed by atoms with Gasteiger partial charge in [0.25, 0.3) is 0 Å². The van der Waals surface area contributed by atoms with Crippen LogP contribution in [0.4, 0.5) is 0 Å². The predicted molar refractivity (Wildman–Crippen MR) is 166 cm³/mol. The Balaban J connectivity index is 1.35. The van der Waals surface area contributed by atoms with Crippen molar-refractivity contribution in [2.24, 2.45) is 0 Å². The third-order valence-corrected chi connectivity index (χ3v) is 8.19. The molecular formula is C37H28N2. The van der Waals surface area contributed by atoms with Crippen LogP contribution in [0.1, 0.15) is 26.6 Å². The number of nitrogens with zero attached hydrogens (tertiary/aromatic N) is 2. The minimum absolute atomic E-state index is 0.0764. The van der Waals surface area contributed by atoms with Gasteiger partial charge in [-0.05, 0) is 78.5 Å². The molecule has 186 valence electrons. The Bertz CT molecular complexity index is 2140. The number of imidazole rings is 1. The van der Waals surface area contributed by atoms with E-state index in [2.05, 4.69) is 141 Å². The fourth-order valence-corrected chi connectivity index (χ4v) is 6.48. The van der Waals surface area contributed by atoms with Crippen LogP contribution < -0.4 is 0 Å². The number of fused-ring (bicyclic) bond motifs is 3. The summed E-state index contributed by atoms with van der Waals surface area (Å²) in [5.74, 6) is 1.07. The zero-order valence-electron chi connectivity index (χ0n) is 22.4. The highest BCUT2D eigenvalue weighted by Crippen LogP contribution is 2.43. The second-order valence-corrected chi connectivity index (χ2v) is 11.7. The summed E-state index contributed by atoms with van der Waals surface area (Å²) in [5, 5.41) is 10.6. The smallest absolute Gasteiger partial charge is 0.119 e. The fourth-order valence-electron chi connectivity index (χ4n) is 6.48.